The monoisotopic (exact) mass is 243 g/mol. The molecule has 2 heteroatoms. The van der Waals surface area contributed by atoms with Gasteiger partial charge in [0.1, 0.15) is 0 Å². The fourth-order valence-electron chi connectivity index (χ4n) is 2.42. The number of nitrogens with two attached hydrogens (primary N) is 1. The van der Waals surface area contributed by atoms with Crippen LogP contribution in [0.1, 0.15) is 18.9 Å². The van der Waals surface area contributed by atoms with Gasteiger partial charge < -0.3 is 10.8 Å². The van der Waals surface area contributed by atoms with Crippen LogP contribution in [0.5, 0.6) is 0 Å². The van der Waals surface area contributed by atoms with E-state index in [0.717, 1.165) is 12.8 Å². The van der Waals surface area contributed by atoms with E-state index in [1.165, 1.54) is 16.3 Å². The van der Waals surface area contributed by atoms with Crippen LogP contribution in [0.2, 0.25) is 0 Å². The van der Waals surface area contributed by atoms with E-state index in [2.05, 4.69) is 43.3 Å². The van der Waals surface area contributed by atoms with E-state index in [1.807, 2.05) is 6.07 Å². The molecule has 0 spiro atoms. The first-order valence-electron chi connectivity index (χ1n) is 6.52. The third kappa shape index (κ3) is 2.40. The standard InChI is InChI=1S/C16H21NO/c1-2-16(11-17,12-18)10-14-8-5-7-13-6-3-4-9-15(13)14/h3-9,18H,2,10-12,17H2,1H3. The Morgan fingerprint density at radius 3 is 2.50 bits per heavy atom. The van der Waals surface area contributed by atoms with Crippen LogP contribution in [-0.2, 0) is 6.42 Å². The van der Waals surface area contributed by atoms with E-state index in [0.29, 0.717) is 6.54 Å². The van der Waals surface area contributed by atoms with Gasteiger partial charge in [-0.2, -0.15) is 0 Å². The van der Waals surface area contributed by atoms with Gasteiger partial charge in [-0.1, -0.05) is 49.4 Å². The zero-order chi connectivity index (χ0) is 13.0. The second-order valence-electron chi connectivity index (χ2n) is 5.03. The maximum Gasteiger partial charge on any atom is 0.0502 e. The number of rotatable bonds is 5. The average molecular weight is 243 g/mol. The molecular formula is C16H21NO. The molecule has 0 aliphatic heterocycles. The predicted octanol–water partition coefficient (Wildman–Crippen LogP) is 2.73. The molecule has 96 valence electrons. The fourth-order valence-corrected chi connectivity index (χ4v) is 2.42. The smallest absolute Gasteiger partial charge is 0.0502 e. The fraction of sp³-hybridized carbons (Fsp3) is 0.375. The van der Waals surface area contributed by atoms with Crippen molar-refractivity contribution in [1.29, 1.82) is 0 Å². The first kappa shape index (κ1) is 13.1. The van der Waals surface area contributed by atoms with E-state index in [9.17, 15) is 5.11 Å². The molecule has 0 saturated carbocycles. The lowest BCUT2D eigenvalue weighted by atomic mass is 9.79. The van der Waals surface area contributed by atoms with E-state index in [4.69, 9.17) is 5.73 Å². The van der Waals surface area contributed by atoms with Crippen molar-refractivity contribution >= 4 is 10.8 Å². The van der Waals surface area contributed by atoms with Gasteiger partial charge in [-0.3, -0.25) is 0 Å². The van der Waals surface area contributed by atoms with Crippen molar-refractivity contribution < 1.29 is 5.11 Å². The summed E-state index contributed by atoms with van der Waals surface area (Å²) in [7, 11) is 0. The first-order chi connectivity index (χ1) is 8.74. The summed E-state index contributed by atoms with van der Waals surface area (Å²) >= 11 is 0. The van der Waals surface area contributed by atoms with Crippen molar-refractivity contribution in [2.24, 2.45) is 11.1 Å². The van der Waals surface area contributed by atoms with E-state index in [-0.39, 0.29) is 12.0 Å². The number of benzene rings is 2. The molecule has 3 N–H and O–H groups in total. The molecule has 0 saturated heterocycles. The summed E-state index contributed by atoms with van der Waals surface area (Å²) in [5.74, 6) is 0. The number of aliphatic hydroxyl groups is 1. The summed E-state index contributed by atoms with van der Waals surface area (Å²) in [6, 6.07) is 14.7. The maximum absolute atomic E-state index is 9.63. The van der Waals surface area contributed by atoms with Gasteiger partial charge in [0.25, 0.3) is 0 Å². The Morgan fingerprint density at radius 1 is 1.11 bits per heavy atom. The predicted molar refractivity (Wildman–Crippen MR) is 76.5 cm³/mol. The van der Waals surface area contributed by atoms with Gasteiger partial charge in [-0.05, 0) is 29.2 Å². The Balaban J connectivity index is 2.42. The lowest BCUT2D eigenvalue weighted by molar-refractivity contribution is 0.127. The van der Waals surface area contributed by atoms with Crippen LogP contribution in [0.4, 0.5) is 0 Å². The van der Waals surface area contributed by atoms with E-state index in [1.54, 1.807) is 0 Å². The first-order valence-corrected chi connectivity index (χ1v) is 6.52. The lowest BCUT2D eigenvalue weighted by Crippen LogP contribution is -2.35. The number of aliphatic hydroxyl groups excluding tert-OH is 1. The molecule has 0 aromatic heterocycles. The highest BCUT2D eigenvalue weighted by Gasteiger charge is 2.26. The third-order valence-electron chi connectivity index (χ3n) is 3.96. The highest BCUT2D eigenvalue weighted by Crippen LogP contribution is 2.29. The van der Waals surface area contributed by atoms with Crippen molar-refractivity contribution in [2.75, 3.05) is 13.2 Å². The maximum atomic E-state index is 9.63. The molecule has 1 unspecified atom stereocenters. The van der Waals surface area contributed by atoms with Crippen LogP contribution >= 0.6 is 0 Å². The summed E-state index contributed by atoms with van der Waals surface area (Å²) in [5, 5.41) is 12.1. The largest absolute Gasteiger partial charge is 0.396 e. The summed E-state index contributed by atoms with van der Waals surface area (Å²) < 4.78 is 0. The topological polar surface area (TPSA) is 46.2 Å². The molecule has 2 nitrogen and oxygen atoms in total. The highest BCUT2D eigenvalue weighted by molar-refractivity contribution is 5.85. The number of hydrogen-bond acceptors (Lipinski definition) is 2. The molecule has 0 aliphatic carbocycles. The molecule has 2 rings (SSSR count). The normalized spacial score (nSPS) is 14.6. The van der Waals surface area contributed by atoms with Gasteiger partial charge in [0.05, 0.1) is 6.61 Å². The zero-order valence-electron chi connectivity index (χ0n) is 10.9. The second kappa shape index (κ2) is 5.51. The second-order valence-corrected chi connectivity index (χ2v) is 5.03. The van der Waals surface area contributed by atoms with Gasteiger partial charge >= 0.3 is 0 Å². The van der Waals surface area contributed by atoms with Crippen molar-refractivity contribution in [3.63, 3.8) is 0 Å². The van der Waals surface area contributed by atoms with E-state index < -0.39 is 0 Å². The molecule has 0 heterocycles. The van der Waals surface area contributed by atoms with Crippen LogP contribution in [0.25, 0.3) is 10.8 Å². The Kier molecular flexibility index (Phi) is 4.00. The van der Waals surface area contributed by atoms with Crippen molar-refractivity contribution in [3.8, 4) is 0 Å². The molecule has 0 aliphatic rings. The van der Waals surface area contributed by atoms with Gasteiger partial charge in [0.2, 0.25) is 0 Å². The summed E-state index contributed by atoms with van der Waals surface area (Å²) in [4.78, 5) is 0. The Hall–Kier alpha value is -1.38. The summed E-state index contributed by atoms with van der Waals surface area (Å²) in [5.41, 5.74) is 6.94. The Labute approximate surface area is 108 Å². The van der Waals surface area contributed by atoms with E-state index >= 15 is 0 Å². The van der Waals surface area contributed by atoms with Crippen LogP contribution < -0.4 is 5.73 Å². The number of hydrogen-bond donors (Lipinski definition) is 2. The van der Waals surface area contributed by atoms with Crippen LogP contribution in [-0.4, -0.2) is 18.3 Å². The van der Waals surface area contributed by atoms with Gasteiger partial charge in [-0.15, -0.1) is 0 Å². The quantitative estimate of drug-likeness (QED) is 0.848. The van der Waals surface area contributed by atoms with Gasteiger partial charge in [0, 0.05) is 12.0 Å². The number of fused-ring (bicyclic) bond motifs is 1. The molecule has 2 aromatic rings. The molecule has 0 amide bonds. The van der Waals surface area contributed by atoms with Crippen molar-refractivity contribution in [2.45, 2.75) is 19.8 Å². The Morgan fingerprint density at radius 2 is 1.83 bits per heavy atom. The van der Waals surface area contributed by atoms with Crippen molar-refractivity contribution in [3.05, 3.63) is 48.0 Å². The zero-order valence-corrected chi connectivity index (χ0v) is 10.9. The van der Waals surface area contributed by atoms with Crippen LogP contribution in [0, 0.1) is 5.41 Å². The van der Waals surface area contributed by atoms with Gasteiger partial charge in [-0.25, -0.2) is 0 Å². The highest BCUT2D eigenvalue weighted by atomic mass is 16.3. The summed E-state index contributed by atoms with van der Waals surface area (Å²) in [6.07, 6.45) is 1.72. The minimum absolute atomic E-state index is 0.142. The molecule has 2 aromatic carbocycles. The molecule has 0 radical (unpaired) electrons. The molecular weight excluding hydrogens is 222 g/mol. The summed E-state index contributed by atoms with van der Waals surface area (Å²) in [6.45, 7) is 2.75. The minimum atomic E-state index is -0.190. The lowest BCUT2D eigenvalue weighted by Gasteiger charge is -2.29. The van der Waals surface area contributed by atoms with Crippen molar-refractivity contribution in [1.82, 2.24) is 0 Å². The molecule has 1 atom stereocenters. The average Bonchev–Trinajstić information content (AvgIpc) is 2.45. The van der Waals surface area contributed by atoms with Crippen LogP contribution in [0.15, 0.2) is 42.5 Å². The molecule has 18 heavy (non-hydrogen) atoms. The molecule has 0 bridgehead atoms. The van der Waals surface area contributed by atoms with Gasteiger partial charge in [0.15, 0.2) is 0 Å². The SMILES string of the molecule is CCC(CN)(CO)Cc1cccc2ccccc12. The third-order valence-corrected chi connectivity index (χ3v) is 3.96. The van der Waals surface area contributed by atoms with Crippen LogP contribution in [0.3, 0.4) is 0 Å². The Bertz CT molecular complexity index is 504. The molecule has 0 fully saturated rings. The minimum Gasteiger partial charge on any atom is -0.396 e.